The molecule has 0 unspecified atom stereocenters. The fourth-order valence-corrected chi connectivity index (χ4v) is 2.87. The van der Waals surface area contributed by atoms with Crippen molar-refractivity contribution in [2.45, 2.75) is 40.5 Å². The van der Waals surface area contributed by atoms with Crippen LogP contribution in [0.15, 0.2) is 11.3 Å². The number of hydrogen-bond acceptors (Lipinski definition) is 2. The second-order valence-corrected chi connectivity index (χ2v) is 5.18. The molecule has 0 spiro atoms. The first-order chi connectivity index (χ1) is 6.44. The highest BCUT2D eigenvalue weighted by Gasteiger charge is 2.61. The Labute approximate surface area is 85.3 Å². The van der Waals surface area contributed by atoms with Gasteiger partial charge in [0.15, 0.2) is 0 Å². The molecule has 0 aromatic carbocycles. The minimum Gasteiger partial charge on any atom is -0.431 e. The highest BCUT2D eigenvalue weighted by atomic mass is 16.5. The molecule has 0 aromatic rings. The molecule has 2 aliphatic rings. The monoisotopic (exact) mass is 194 g/mol. The fraction of sp³-hybridized carbons (Fsp3) is 0.750. The number of rotatable bonds is 1. The Balaban J connectivity index is 2.23. The molecule has 2 atom stereocenters. The maximum atomic E-state index is 11.0. The largest absolute Gasteiger partial charge is 0.431 e. The third-order valence-corrected chi connectivity index (χ3v) is 3.84. The molecule has 78 valence electrons. The maximum absolute atomic E-state index is 11.0. The van der Waals surface area contributed by atoms with Crippen molar-refractivity contribution in [1.82, 2.24) is 0 Å². The summed E-state index contributed by atoms with van der Waals surface area (Å²) in [6, 6.07) is 0. The lowest BCUT2D eigenvalue weighted by atomic mass is 9.99. The van der Waals surface area contributed by atoms with Gasteiger partial charge in [-0.25, -0.2) is 0 Å². The number of carbonyl (C=O) groups is 1. The summed E-state index contributed by atoms with van der Waals surface area (Å²) in [5, 5.41) is 0. The summed E-state index contributed by atoms with van der Waals surface area (Å²) >= 11 is 0. The lowest BCUT2D eigenvalue weighted by molar-refractivity contribution is -0.137. The minimum atomic E-state index is -0.178. The molecule has 2 rings (SSSR count). The molecule has 2 nitrogen and oxygen atoms in total. The third kappa shape index (κ3) is 1.28. The van der Waals surface area contributed by atoms with E-state index in [1.54, 1.807) is 0 Å². The Morgan fingerprint density at radius 3 is 2.71 bits per heavy atom. The van der Waals surface area contributed by atoms with Crippen LogP contribution in [0.3, 0.4) is 0 Å². The van der Waals surface area contributed by atoms with Crippen molar-refractivity contribution in [2.24, 2.45) is 17.3 Å². The molecule has 0 N–H and O–H groups in total. The van der Waals surface area contributed by atoms with Crippen LogP contribution in [-0.2, 0) is 9.53 Å². The normalized spacial score (nSPS) is 33.7. The van der Waals surface area contributed by atoms with Crippen molar-refractivity contribution in [3.8, 4) is 0 Å². The molecule has 0 amide bonds. The highest BCUT2D eigenvalue weighted by molar-refractivity contribution is 5.67. The van der Waals surface area contributed by atoms with E-state index in [-0.39, 0.29) is 5.97 Å². The molecule has 0 bridgehead atoms. The fourth-order valence-electron chi connectivity index (χ4n) is 2.87. The number of fused-ring (bicyclic) bond motifs is 1. The predicted molar refractivity (Wildman–Crippen MR) is 54.5 cm³/mol. The van der Waals surface area contributed by atoms with Crippen LogP contribution in [0.4, 0.5) is 0 Å². The minimum absolute atomic E-state index is 0.178. The Kier molecular flexibility index (Phi) is 1.98. The topological polar surface area (TPSA) is 26.3 Å². The van der Waals surface area contributed by atoms with E-state index < -0.39 is 0 Å². The van der Waals surface area contributed by atoms with Crippen molar-refractivity contribution in [3.05, 3.63) is 11.3 Å². The third-order valence-electron chi connectivity index (χ3n) is 3.84. The summed E-state index contributed by atoms with van der Waals surface area (Å²) in [6.07, 6.45) is 2.35. The molecular weight excluding hydrogens is 176 g/mol. The van der Waals surface area contributed by atoms with Gasteiger partial charge in [-0.2, -0.15) is 0 Å². The van der Waals surface area contributed by atoms with Gasteiger partial charge in [-0.05, 0) is 36.7 Å². The molecule has 1 saturated carbocycles. The van der Waals surface area contributed by atoms with Gasteiger partial charge in [0.1, 0.15) is 5.76 Å². The summed E-state index contributed by atoms with van der Waals surface area (Å²) in [5.41, 5.74) is 1.62. The van der Waals surface area contributed by atoms with Crippen molar-refractivity contribution in [2.75, 3.05) is 0 Å². The van der Waals surface area contributed by atoms with E-state index in [1.165, 1.54) is 18.9 Å². The number of allylic oxidation sites excluding steroid dienone is 2. The van der Waals surface area contributed by atoms with Crippen LogP contribution < -0.4 is 0 Å². The van der Waals surface area contributed by atoms with Crippen molar-refractivity contribution >= 4 is 5.97 Å². The maximum Gasteiger partial charge on any atom is 0.307 e. The Bertz CT molecular complexity index is 312. The van der Waals surface area contributed by atoms with Crippen molar-refractivity contribution in [1.29, 1.82) is 0 Å². The lowest BCUT2D eigenvalue weighted by Crippen LogP contribution is -2.08. The molecular formula is C12H18O2. The molecule has 0 aliphatic heterocycles. The van der Waals surface area contributed by atoms with Crippen molar-refractivity contribution in [3.63, 3.8) is 0 Å². The van der Waals surface area contributed by atoms with Crippen LogP contribution in [0.25, 0.3) is 0 Å². The molecule has 14 heavy (non-hydrogen) atoms. The van der Waals surface area contributed by atoms with Crippen molar-refractivity contribution < 1.29 is 9.53 Å². The van der Waals surface area contributed by atoms with E-state index in [9.17, 15) is 4.79 Å². The first kappa shape index (κ1) is 9.75. The summed E-state index contributed by atoms with van der Waals surface area (Å²) < 4.78 is 5.33. The van der Waals surface area contributed by atoms with Gasteiger partial charge in [-0.15, -0.1) is 0 Å². The number of hydrogen-bond donors (Lipinski definition) is 0. The van der Waals surface area contributed by atoms with E-state index in [2.05, 4.69) is 20.8 Å². The van der Waals surface area contributed by atoms with Gasteiger partial charge in [-0.1, -0.05) is 13.8 Å². The highest BCUT2D eigenvalue weighted by Crippen LogP contribution is 2.66. The van der Waals surface area contributed by atoms with Crippen LogP contribution in [0.1, 0.15) is 40.5 Å². The SMILES string of the molecule is CC(=O)OC1=C(C)CC[C@H]2[C@@H]1C2(C)C. The average molecular weight is 194 g/mol. The summed E-state index contributed by atoms with van der Waals surface area (Å²) in [7, 11) is 0. The Morgan fingerprint density at radius 2 is 2.14 bits per heavy atom. The van der Waals surface area contributed by atoms with Crippen LogP contribution in [0.5, 0.6) is 0 Å². The Hall–Kier alpha value is -0.790. The second kappa shape index (κ2) is 2.85. The molecule has 0 heterocycles. The van der Waals surface area contributed by atoms with E-state index in [0.717, 1.165) is 18.1 Å². The van der Waals surface area contributed by atoms with Crippen LogP contribution >= 0.6 is 0 Å². The zero-order chi connectivity index (χ0) is 10.5. The van der Waals surface area contributed by atoms with E-state index >= 15 is 0 Å². The van der Waals surface area contributed by atoms with Crippen LogP contribution in [0.2, 0.25) is 0 Å². The van der Waals surface area contributed by atoms with E-state index in [1.807, 2.05) is 0 Å². The van der Waals surface area contributed by atoms with Gasteiger partial charge in [-0.3, -0.25) is 4.79 Å². The van der Waals surface area contributed by atoms with Crippen LogP contribution in [0, 0.1) is 17.3 Å². The summed E-state index contributed by atoms with van der Waals surface area (Å²) in [4.78, 5) is 11.0. The standard InChI is InChI=1S/C12H18O2/c1-7-5-6-9-10(12(9,3)4)11(7)14-8(2)13/h9-10H,5-6H2,1-4H3/t9-,10-/m0/s1. The van der Waals surface area contributed by atoms with Gasteiger partial charge >= 0.3 is 5.97 Å². The average Bonchev–Trinajstić information content (AvgIpc) is 2.60. The van der Waals surface area contributed by atoms with Gasteiger partial charge in [0, 0.05) is 12.8 Å². The van der Waals surface area contributed by atoms with Gasteiger partial charge in [0.05, 0.1) is 0 Å². The van der Waals surface area contributed by atoms with E-state index in [4.69, 9.17) is 4.74 Å². The van der Waals surface area contributed by atoms with Gasteiger partial charge in [0.25, 0.3) is 0 Å². The molecule has 0 saturated heterocycles. The molecule has 2 heteroatoms. The van der Waals surface area contributed by atoms with Gasteiger partial charge < -0.3 is 4.74 Å². The molecule has 2 aliphatic carbocycles. The van der Waals surface area contributed by atoms with Gasteiger partial charge in [0.2, 0.25) is 0 Å². The van der Waals surface area contributed by atoms with Crippen LogP contribution in [-0.4, -0.2) is 5.97 Å². The first-order valence-electron chi connectivity index (χ1n) is 5.32. The number of ether oxygens (including phenoxy) is 1. The number of carbonyl (C=O) groups excluding carboxylic acids is 1. The first-order valence-corrected chi connectivity index (χ1v) is 5.32. The molecule has 0 aromatic heterocycles. The summed E-state index contributed by atoms with van der Waals surface area (Å²) in [6.45, 7) is 8.11. The Morgan fingerprint density at radius 1 is 1.50 bits per heavy atom. The number of esters is 1. The van der Waals surface area contributed by atoms with E-state index in [0.29, 0.717) is 11.3 Å². The summed E-state index contributed by atoms with van der Waals surface area (Å²) in [5.74, 6) is 2.03. The molecule has 1 fully saturated rings. The lowest BCUT2D eigenvalue weighted by Gasteiger charge is -2.15. The predicted octanol–water partition coefficient (Wildman–Crippen LogP) is 2.89. The second-order valence-electron chi connectivity index (χ2n) is 5.18. The quantitative estimate of drug-likeness (QED) is 0.600. The zero-order valence-electron chi connectivity index (χ0n) is 9.39. The molecule has 0 radical (unpaired) electrons. The smallest absolute Gasteiger partial charge is 0.307 e. The zero-order valence-corrected chi connectivity index (χ0v) is 9.39.